The van der Waals surface area contributed by atoms with Crippen LogP contribution in [0.25, 0.3) is 0 Å². The summed E-state index contributed by atoms with van der Waals surface area (Å²) < 4.78 is 2.30. The Morgan fingerprint density at radius 1 is 1.24 bits per heavy atom. The molecule has 2 aliphatic carbocycles. The van der Waals surface area contributed by atoms with Crippen LogP contribution in [-0.4, -0.2) is 39.5 Å². The number of piperidine rings is 1. The van der Waals surface area contributed by atoms with Crippen molar-refractivity contribution in [2.75, 3.05) is 13.1 Å². The number of likely N-dealkylation sites (tertiary alicyclic amines) is 1. The van der Waals surface area contributed by atoms with Crippen LogP contribution in [0.1, 0.15) is 63.7 Å². The van der Waals surface area contributed by atoms with Gasteiger partial charge in [0.2, 0.25) is 5.91 Å². The molecule has 4 rings (SSSR count). The van der Waals surface area contributed by atoms with Gasteiger partial charge in [0.1, 0.15) is 5.82 Å². The Morgan fingerprint density at radius 3 is 2.72 bits per heavy atom. The summed E-state index contributed by atoms with van der Waals surface area (Å²) in [7, 11) is 0. The number of amides is 1. The van der Waals surface area contributed by atoms with Crippen molar-refractivity contribution in [2.45, 2.75) is 70.4 Å². The van der Waals surface area contributed by atoms with Crippen LogP contribution in [0.3, 0.4) is 0 Å². The molecule has 0 aromatic carbocycles. The number of hydrogen-bond acceptors (Lipinski definition) is 3. The Morgan fingerprint density at radius 2 is 2.00 bits per heavy atom. The van der Waals surface area contributed by atoms with E-state index in [1.807, 2.05) is 6.20 Å². The molecule has 2 heterocycles. The van der Waals surface area contributed by atoms with Gasteiger partial charge in [0, 0.05) is 43.9 Å². The Balaban J connectivity index is 1.43. The van der Waals surface area contributed by atoms with Crippen LogP contribution in [0.5, 0.6) is 0 Å². The molecule has 0 radical (unpaired) electrons. The van der Waals surface area contributed by atoms with E-state index in [1.165, 1.54) is 19.3 Å². The number of rotatable bonds is 3. The zero-order valence-electron chi connectivity index (χ0n) is 15.4. The summed E-state index contributed by atoms with van der Waals surface area (Å²) in [5.41, 5.74) is 6.41. The fraction of sp³-hybridized carbons (Fsp3) is 0.800. The van der Waals surface area contributed by atoms with Crippen LogP contribution in [0.4, 0.5) is 0 Å². The molecular weight excluding hydrogens is 312 g/mol. The number of imidazole rings is 1. The van der Waals surface area contributed by atoms with Gasteiger partial charge in [-0.15, -0.1) is 0 Å². The van der Waals surface area contributed by atoms with Crippen molar-refractivity contribution in [3.63, 3.8) is 0 Å². The number of fused-ring (bicyclic) bond motifs is 2. The van der Waals surface area contributed by atoms with Gasteiger partial charge >= 0.3 is 0 Å². The van der Waals surface area contributed by atoms with E-state index < -0.39 is 0 Å². The summed E-state index contributed by atoms with van der Waals surface area (Å²) >= 11 is 0. The van der Waals surface area contributed by atoms with Gasteiger partial charge in [-0.3, -0.25) is 4.79 Å². The minimum atomic E-state index is 0.210. The highest BCUT2D eigenvalue weighted by molar-refractivity contribution is 5.79. The number of nitrogens with zero attached hydrogens (tertiary/aromatic N) is 3. The number of nitrogens with two attached hydrogens (primary N) is 1. The Labute approximate surface area is 151 Å². The molecular formula is C20H32N4O. The van der Waals surface area contributed by atoms with E-state index in [0.29, 0.717) is 29.8 Å². The molecule has 0 spiro atoms. The quantitative estimate of drug-likeness (QED) is 0.917. The van der Waals surface area contributed by atoms with Gasteiger partial charge in [-0.1, -0.05) is 13.3 Å². The Kier molecular flexibility index (Phi) is 4.85. The zero-order valence-corrected chi connectivity index (χ0v) is 15.4. The van der Waals surface area contributed by atoms with Crippen LogP contribution in [0, 0.1) is 17.8 Å². The lowest BCUT2D eigenvalue weighted by molar-refractivity contribution is -0.140. The maximum absolute atomic E-state index is 13.2. The number of aryl methyl sites for hydroxylation is 1. The maximum atomic E-state index is 13.2. The number of carbonyl (C=O) groups excluding carboxylic acids is 1. The molecule has 25 heavy (non-hydrogen) atoms. The van der Waals surface area contributed by atoms with Crippen molar-refractivity contribution < 1.29 is 4.79 Å². The minimum Gasteiger partial charge on any atom is -0.340 e. The third kappa shape index (κ3) is 3.23. The summed E-state index contributed by atoms with van der Waals surface area (Å²) in [6.45, 7) is 3.91. The van der Waals surface area contributed by atoms with Crippen LogP contribution >= 0.6 is 0 Å². The molecule has 3 atom stereocenters. The van der Waals surface area contributed by atoms with E-state index in [9.17, 15) is 4.79 Å². The number of hydrogen-bond donors (Lipinski definition) is 1. The average molecular weight is 345 g/mol. The molecule has 2 saturated carbocycles. The van der Waals surface area contributed by atoms with Crippen molar-refractivity contribution in [2.24, 2.45) is 23.5 Å². The molecule has 2 N–H and O–H groups in total. The van der Waals surface area contributed by atoms with E-state index >= 15 is 0 Å². The molecule has 5 heteroatoms. The molecule has 3 fully saturated rings. The second kappa shape index (κ2) is 7.10. The van der Waals surface area contributed by atoms with Crippen LogP contribution < -0.4 is 5.73 Å². The van der Waals surface area contributed by atoms with Gasteiger partial charge in [0.25, 0.3) is 0 Å². The van der Waals surface area contributed by atoms with E-state index in [-0.39, 0.29) is 5.92 Å². The van der Waals surface area contributed by atoms with Gasteiger partial charge in [-0.2, -0.15) is 0 Å². The standard InChI is InChI=1S/C20H32N4O/c1-2-18-22-8-10-24(18)17-7-4-9-23(13-17)20(25)16-11-14-5-3-6-15(12-16)19(14)21/h8,10,14-17,19H,2-7,9,11-13,21H2,1H3. The maximum Gasteiger partial charge on any atom is 0.225 e. The predicted octanol–water partition coefficient (Wildman–Crippen LogP) is 2.76. The largest absolute Gasteiger partial charge is 0.340 e. The lowest BCUT2D eigenvalue weighted by Gasteiger charge is -2.45. The third-order valence-electron chi connectivity index (χ3n) is 6.93. The first-order valence-corrected chi connectivity index (χ1v) is 10.2. The lowest BCUT2D eigenvalue weighted by Crippen LogP contribution is -2.51. The number of carbonyl (C=O) groups is 1. The van der Waals surface area contributed by atoms with Crippen molar-refractivity contribution in [1.82, 2.24) is 14.5 Å². The smallest absolute Gasteiger partial charge is 0.225 e. The van der Waals surface area contributed by atoms with Crippen molar-refractivity contribution >= 4 is 5.91 Å². The summed E-state index contributed by atoms with van der Waals surface area (Å²) in [6, 6.07) is 0.727. The highest BCUT2D eigenvalue weighted by Gasteiger charge is 2.42. The van der Waals surface area contributed by atoms with Crippen molar-refractivity contribution in [3.8, 4) is 0 Å². The fourth-order valence-corrected chi connectivity index (χ4v) is 5.58. The van der Waals surface area contributed by atoms with Gasteiger partial charge in [-0.05, 0) is 50.4 Å². The van der Waals surface area contributed by atoms with Crippen LogP contribution in [0.15, 0.2) is 12.4 Å². The monoisotopic (exact) mass is 344 g/mol. The summed E-state index contributed by atoms with van der Waals surface area (Å²) in [4.78, 5) is 19.8. The van der Waals surface area contributed by atoms with Gasteiger partial charge < -0.3 is 15.2 Å². The first kappa shape index (κ1) is 17.1. The summed E-state index contributed by atoms with van der Waals surface area (Å²) in [5, 5.41) is 0. The second-order valence-corrected chi connectivity index (χ2v) is 8.38. The topological polar surface area (TPSA) is 64.2 Å². The predicted molar refractivity (Wildman–Crippen MR) is 98.0 cm³/mol. The molecule has 3 aliphatic rings. The summed E-state index contributed by atoms with van der Waals surface area (Å²) in [6.07, 6.45) is 12.9. The SMILES string of the molecule is CCc1nccn1C1CCCN(C(=O)C2CC3CCCC(C2)C3N)C1. The highest BCUT2D eigenvalue weighted by Crippen LogP contribution is 2.42. The van der Waals surface area contributed by atoms with Crippen molar-refractivity contribution in [1.29, 1.82) is 0 Å². The summed E-state index contributed by atoms with van der Waals surface area (Å²) in [5.74, 6) is 2.89. The van der Waals surface area contributed by atoms with Gasteiger partial charge in [0.15, 0.2) is 0 Å². The van der Waals surface area contributed by atoms with E-state index in [2.05, 4.69) is 27.6 Å². The Hall–Kier alpha value is -1.36. The van der Waals surface area contributed by atoms with Crippen molar-refractivity contribution in [3.05, 3.63) is 18.2 Å². The van der Waals surface area contributed by atoms with E-state index in [0.717, 1.165) is 51.0 Å². The van der Waals surface area contributed by atoms with Crippen LogP contribution in [0.2, 0.25) is 0 Å². The molecule has 1 aromatic rings. The minimum absolute atomic E-state index is 0.210. The zero-order chi connectivity index (χ0) is 17.4. The van der Waals surface area contributed by atoms with E-state index in [1.54, 1.807) is 0 Å². The first-order valence-electron chi connectivity index (χ1n) is 10.2. The molecule has 5 nitrogen and oxygen atoms in total. The third-order valence-corrected chi connectivity index (χ3v) is 6.93. The molecule has 138 valence electrons. The fourth-order valence-electron chi connectivity index (χ4n) is 5.58. The molecule has 3 unspecified atom stereocenters. The second-order valence-electron chi connectivity index (χ2n) is 8.38. The van der Waals surface area contributed by atoms with Gasteiger partial charge in [-0.25, -0.2) is 4.98 Å². The number of aromatic nitrogens is 2. The van der Waals surface area contributed by atoms with Gasteiger partial charge in [0.05, 0.1) is 6.04 Å². The average Bonchev–Trinajstić information content (AvgIpc) is 3.10. The highest BCUT2D eigenvalue weighted by atomic mass is 16.2. The molecule has 1 saturated heterocycles. The van der Waals surface area contributed by atoms with Crippen LogP contribution in [-0.2, 0) is 11.2 Å². The molecule has 1 amide bonds. The molecule has 1 aromatic heterocycles. The normalized spacial score (nSPS) is 35.6. The van der Waals surface area contributed by atoms with E-state index in [4.69, 9.17) is 5.73 Å². The molecule has 1 aliphatic heterocycles. The first-order chi connectivity index (χ1) is 12.2. The Bertz CT molecular complexity index is 599. The lowest BCUT2D eigenvalue weighted by atomic mass is 9.65. The molecule has 2 bridgehead atoms.